The molecule has 26 heavy (non-hydrogen) atoms. The predicted molar refractivity (Wildman–Crippen MR) is 97.1 cm³/mol. The second kappa shape index (κ2) is 8.58. The van der Waals surface area contributed by atoms with E-state index in [1.165, 1.54) is 0 Å². The van der Waals surface area contributed by atoms with Crippen LogP contribution in [-0.4, -0.2) is 57.4 Å². The maximum Gasteiger partial charge on any atom is 0.254 e. The largest absolute Gasteiger partial charge is 0.497 e. The zero-order chi connectivity index (χ0) is 18.4. The first-order valence-corrected chi connectivity index (χ1v) is 8.51. The molecule has 2 aromatic carbocycles. The van der Waals surface area contributed by atoms with E-state index >= 15 is 0 Å². The highest BCUT2D eigenvalue weighted by atomic mass is 16.5. The molecule has 0 aliphatic carbocycles. The maximum absolute atomic E-state index is 12.8. The molecule has 6 heteroatoms. The van der Waals surface area contributed by atoms with E-state index in [4.69, 9.17) is 18.9 Å². The van der Waals surface area contributed by atoms with Crippen LogP contribution in [0.5, 0.6) is 17.2 Å². The Balaban J connectivity index is 1.66. The van der Waals surface area contributed by atoms with Gasteiger partial charge >= 0.3 is 0 Å². The molecule has 138 valence electrons. The molecule has 1 saturated heterocycles. The third-order valence-electron chi connectivity index (χ3n) is 4.22. The number of ether oxygens (including phenoxy) is 4. The summed E-state index contributed by atoms with van der Waals surface area (Å²) in [6, 6.07) is 14.5. The Morgan fingerprint density at radius 3 is 2.15 bits per heavy atom. The highest BCUT2D eigenvalue weighted by molar-refractivity contribution is 5.94. The third-order valence-corrected chi connectivity index (χ3v) is 4.22. The fraction of sp³-hybridized carbons (Fsp3) is 0.350. The summed E-state index contributed by atoms with van der Waals surface area (Å²) in [5.41, 5.74) is 0.621. The Morgan fingerprint density at radius 1 is 0.962 bits per heavy atom. The van der Waals surface area contributed by atoms with Crippen LogP contribution in [0.2, 0.25) is 0 Å². The normalized spacial score (nSPS) is 17.3. The lowest BCUT2D eigenvalue weighted by atomic mass is 10.2. The average molecular weight is 357 g/mol. The SMILES string of the molecule is COc1ccc(O[C@H]2COCCN(C(=O)c3ccc(OC)cc3)C2)cc1. The van der Waals surface area contributed by atoms with Crippen LogP contribution in [0.1, 0.15) is 10.4 Å². The number of hydrogen-bond donors (Lipinski definition) is 0. The number of methoxy groups -OCH3 is 2. The van der Waals surface area contributed by atoms with Crippen molar-refractivity contribution in [2.45, 2.75) is 6.10 Å². The van der Waals surface area contributed by atoms with E-state index in [0.29, 0.717) is 31.9 Å². The zero-order valence-corrected chi connectivity index (χ0v) is 15.0. The molecule has 1 heterocycles. The maximum atomic E-state index is 12.8. The van der Waals surface area contributed by atoms with Crippen LogP contribution < -0.4 is 14.2 Å². The van der Waals surface area contributed by atoms with E-state index in [2.05, 4.69) is 0 Å². The van der Waals surface area contributed by atoms with Gasteiger partial charge in [-0.2, -0.15) is 0 Å². The summed E-state index contributed by atoms with van der Waals surface area (Å²) < 4.78 is 21.9. The molecule has 0 aromatic heterocycles. The first-order chi connectivity index (χ1) is 12.7. The Morgan fingerprint density at radius 2 is 1.54 bits per heavy atom. The van der Waals surface area contributed by atoms with Crippen LogP contribution in [-0.2, 0) is 4.74 Å². The highest BCUT2D eigenvalue weighted by Gasteiger charge is 2.24. The monoisotopic (exact) mass is 357 g/mol. The van der Waals surface area contributed by atoms with Crippen molar-refractivity contribution in [1.29, 1.82) is 0 Å². The van der Waals surface area contributed by atoms with Gasteiger partial charge in [-0.25, -0.2) is 0 Å². The topological polar surface area (TPSA) is 57.2 Å². The van der Waals surface area contributed by atoms with Crippen molar-refractivity contribution in [1.82, 2.24) is 4.90 Å². The molecule has 1 fully saturated rings. The molecule has 3 rings (SSSR count). The lowest BCUT2D eigenvalue weighted by Crippen LogP contribution is -2.40. The summed E-state index contributed by atoms with van der Waals surface area (Å²) in [6.07, 6.45) is -0.229. The highest BCUT2D eigenvalue weighted by Crippen LogP contribution is 2.20. The van der Waals surface area contributed by atoms with Gasteiger partial charge in [-0.15, -0.1) is 0 Å². The Kier molecular flexibility index (Phi) is 5.96. The number of hydrogen-bond acceptors (Lipinski definition) is 5. The van der Waals surface area contributed by atoms with Gasteiger partial charge in [-0.1, -0.05) is 0 Å². The van der Waals surface area contributed by atoms with Crippen LogP contribution in [0.25, 0.3) is 0 Å². The average Bonchev–Trinajstić information content (AvgIpc) is 2.93. The van der Waals surface area contributed by atoms with E-state index in [1.807, 2.05) is 24.3 Å². The molecule has 0 N–H and O–H groups in total. The van der Waals surface area contributed by atoms with Crippen molar-refractivity contribution >= 4 is 5.91 Å². The lowest BCUT2D eigenvalue weighted by molar-refractivity contribution is 0.0652. The van der Waals surface area contributed by atoms with E-state index in [9.17, 15) is 4.79 Å². The van der Waals surface area contributed by atoms with Gasteiger partial charge in [0.1, 0.15) is 23.4 Å². The van der Waals surface area contributed by atoms with Crippen LogP contribution in [0, 0.1) is 0 Å². The fourth-order valence-electron chi connectivity index (χ4n) is 2.80. The van der Waals surface area contributed by atoms with Crippen LogP contribution in [0.15, 0.2) is 48.5 Å². The Bertz CT molecular complexity index is 714. The van der Waals surface area contributed by atoms with Gasteiger partial charge in [0.25, 0.3) is 5.91 Å². The molecule has 1 aliphatic rings. The summed E-state index contributed by atoms with van der Waals surface area (Å²) in [5.74, 6) is 2.17. The molecular formula is C20H23NO5. The Hall–Kier alpha value is -2.73. The molecule has 0 spiro atoms. The van der Waals surface area contributed by atoms with Gasteiger partial charge < -0.3 is 23.8 Å². The van der Waals surface area contributed by atoms with Gasteiger partial charge in [0.15, 0.2) is 0 Å². The van der Waals surface area contributed by atoms with E-state index < -0.39 is 0 Å². The van der Waals surface area contributed by atoms with Crippen molar-refractivity contribution in [3.63, 3.8) is 0 Å². The molecule has 1 amide bonds. The van der Waals surface area contributed by atoms with E-state index in [-0.39, 0.29) is 12.0 Å². The van der Waals surface area contributed by atoms with Gasteiger partial charge in [0.2, 0.25) is 0 Å². The van der Waals surface area contributed by atoms with Crippen molar-refractivity contribution in [2.75, 3.05) is 40.5 Å². The van der Waals surface area contributed by atoms with Crippen molar-refractivity contribution in [3.8, 4) is 17.2 Å². The van der Waals surface area contributed by atoms with E-state index in [0.717, 1.165) is 17.2 Å². The number of benzene rings is 2. The van der Waals surface area contributed by atoms with Crippen molar-refractivity contribution < 1.29 is 23.7 Å². The molecule has 0 saturated carbocycles. The summed E-state index contributed by atoms with van der Waals surface area (Å²) in [7, 11) is 3.22. The summed E-state index contributed by atoms with van der Waals surface area (Å²) in [6.45, 7) is 1.94. The molecule has 0 radical (unpaired) electrons. The first-order valence-electron chi connectivity index (χ1n) is 8.51. The summed E-state index contributed by atoms with van der Waals surface area (Å²) >= 11 is 0. The molecule has 1 atom stereocenters. The third kappa shape index (κ3) is 4.46. The molecule has 2 aromatic rings. The number of nitrogens with zero attached hydrogens (tertiary/aromatic N) is 1. The minimum absolute atomic E-state index is 0.0403. The second-order valence-electron chi connectivity index (χ2n) is 5.97. The summed E-state index contributed by atoms with van der Waals surface area (Å²) in [5, 5.41) is 0. The van der Waals surface area contributed by atoms with Gasteiger partial charge in [0.05, 0.1) is 34.0 Å². The van der Waals surface area contributed by atoms with Crippen LogP contribution in [0.3, 0.4) is 0 Å². The van der Waals surface area contributed by atoms with Gasteiger partial charge in [0, 0.05) is 12.1 Å². The van der Waals surface area contributed by atoms with Crippen LogP contribution >= 0.6 is 0 Å². The predicted octanol–water partition coefficient (Wildman–Crippen LogP) is 2.62. The smallest absolute Gasteiger partial charge is 0.254 e. The van der Waals surface area contributed by atoms with E-state index in [1.54, 1.807) is 43.4 Å². The molecule has 6 nitrogen and oxygen atoms in total. The standard InChI is InChI=1S/C20H23NO5/c1-23-16-5-3-15(4-6-16)20(22)21-11-12-25-14-19(13-21)26-18-9-7-17(24-2)8-10-18/h3-10,19H,11-14H2,1-2H3/t19-/m1/s1. The first kappa shape index (κ1) is 18.1. The minimum Gasteiger partial charge on any atom is -0.497 e. The molecular weight excluding hydrogens is 334 g/mol. The number of amides is 1. The number of carbonyl (C=O) groups is 1. The van der Waals surface area contributed by atoms with Crippen molar-refractivity contribution in [3.05, 3.63) is 54.1 Å². The number of rotatable bonds is 5. The lowest BCUT2D eigenvalue weighted by Gasteiger charge is -2.24. The quantitative estimate of drug-likeness (QED) is 0.823. The zero-order valence-electron chi connectivity index (χ0n) is 15.0. The number of carbonyl (C=O) groups excluding carboxylic acids is 1. The Labute approximate surface area is 153 Å². The minimum atomic E-state index is -0.229. The van der Waals surface area contributed by atoms with Crippen molar-refractivity contribution in [2.24, 2.45) is 0 Å². The molecule has 1 aliphatic heterocycles. The summed E-state index contributed by atoms with van der Waals surface area (Å²) in [4.78, 5) is 14.6. The van der Waals surface area contributed by atoms with Gasteiger partial charge in [-0.05, 0) is 48.5 Å². The molecule has 0 unspecified atom stereocenters. The molecule has 0 bridgehead atoms. The second-order valence-corrected chi connectivity index (χ2v) is 5.97. The van der Waals surface area contributed by atoms with Gasteiger partial charge in [-0.3, -0.25) is 4.79 Å². The fourth-order valence-corrected chi connectivity index (χ4v) is 2.80. The van der Waals surface area contributed by atoms with Crippen LogP contribution in [0.4, 0.5) is 0 Å².